The van der Waals surface area contributed by atoms with Gasteiger partial charge >= 0.3 is 11.9 Å². The number of alkyl halides is 2. The monoisotopic (exact) mass is 452 g/mol. The summed E-state index contributed by atoms with van der Waals surface area (Å²) in [5, 5.41) is 0. The molecule has 2 aliphatic carbocycles. The Kier molecular flexibility index (Phi) is 8.88. The van der Waals surface area contributed by atoms with Gasteiger partial charge in [-0.2, -0.15) is 0 Å². The fraction of sp³-hybridized carbons (Fsp3) is 0.680. The first-order valence-electron chi connectivity index (χ1n) is 11.7. The largest absolute Gasteiger partial charge is 0.493 e. The molecule has 2 saturated carbocycles. The predicted molar refractivity (Wildman–Crippen MR) is 116 cm³/mol. The van der Waals surface area contributed by atoms with Crippen LogP contribution in [0.25, 0.3) is 0 Å². The Morgan fingerprint density at radius 3 is 1.75 bits per heavy atom. The molecule has 0 spiro atoms. The highest BCUT2D eigenvalue weighted by Gasteiger charge is 2.27. The average molecular weight is 453 g/mol. The summed E-state index contributed by atoms with van der Waals surface area (Å²) in [6.07, 6.45) is 3.09. The van der Waals surface area contributed by atoms with Crippen molar-refractivity contribution in [2.24, 2.45) is 5.92 Å². The topological polar surface area (TPSA) is 61.8 Å². The fourth-order valence-corrected chi connectivity index (χ4v) is 4.50. The van der Waals surface area contributed by atoms with E-state index in [-0.39, 0.29) is 12.2 Å². The van der Waals surface area contributed by atoms with Gasteiger partial charge in [0.2, 0.25) is 0 Å². The molecule has 3 rings (SSSR count). The van der Waals surface area contributed by atoms with Crippen LogP contribution in [0.2, 0.25) is 0 Å². The third-order valence-electron chi connectivity index (χ3n) is 6.52. The minimum atomic E-state index is -1.57. The molecule has 32 heavy (non-hydrogen) atoms. The van der Waals surface area contributed by atoms with Crippen molar-refractivity contribution < 1.29 is 32.6 Å². The highest BCUT2D eigenvalue weighted by molar-refractivity contribution is 5.74. The van der Waals surface area contributed by atoms with Crippen LogP contribution in [0.5, 0.6) is 5.75 Å². The Balaban J connectivity index is 1.37. The van der Waals surface area contributed by atoms with Crippen LogP contribution < -0.4 is 4.74 Å². The van der Waals surface area contributed by atoms with E-state index in [0.717, 1.165) is 57.1 Å². The number of ether oxygens (including phenoxy) is 3. The molecule has 0 aromatic heterocycles. The minimum absolute atomic E-state index is 0.182. The van der Waals surface area contributed by atoms with E-state index in [0.29, 0.717) is 18.4 Å². The number of carbonyl (C=O) groups is 2. The first-order valence-corrected chi connectivity index (χ1v) is 11.7. The maximum Gasteiger partial charge on any atom is 0.340 e. The molecular weight excluding hydrogens is 418 g/mol. The highest BCUT2D eigenvalue weighted by atomic mass is 19.1. The minimum Gasteiger partial charge on any atom is -0.493 e. The number of rotatable bonds is 8. The van der Waals surface area contributed by atoms with Crippen LogP contribution >= 0.6 is 0 Å². The Labute approximate surface area is 188 Å². The van der Waals surface area contributed by atoms with Crippen LogP contribution in [-0.4, -0.2) is 43.1 Å². The predicted octanol–water partition coefficient (Wildman–Crippen LogP) is 5.45. The fourth-order valence-electron chi connectivity index (χ4n) is 4.50. The zero-order valence-corrected chi connectivity index (χ0v) is 18.9. The molecule has 0 aliphatic heterocycles. The second-order valence-electron chi connectivity index (χ2n) is 9.10. The molecule has 1 aromatic rings. The molecule has 0 heterocycles. The van der Waals surface area contributed by atoms with Crippen molar-refractivity contribution in [1.82, 2.24) is 0 Å². The van der Waals surface area contributed by atoms with Gasteiger partial charge in [0, 0.05) is 0 Å². The number of benzene rings is 1. The molecule has 5 nitrogen and oxygen atoms in total. The lowest BCUT2D eigenvalue weighted by molar-refractivity contribution is -0.157. The summed E-state index contributed by atoms with van der Waals surface area (Å²) in [5.41, 5.74) is 1.24. The lowest BCUT2D eigenvalue weighted by atomic mass is 9.83. The van der Waals surface area contributed by atoms with Crippen LogP contribution in [0.4, 0.5) is 8.78 Å². The summed E-state index contributed by atoms with van der Waals surface area (Å²) in [7, 11) is 0. The highest BCUT2D eigenvalue weighted by Crippen LogP contribution is 2.35. The maximum absolute atomic E-state index is 13.0. The lowest BCUT2D eigenvalue weighted by Gasteiger charge is -2.29. The van der Waals surface area contributed by atoms with E-state index in [4.69, 9.17) is 14.2 Å². The molecule has 0 radical (unpaired) electrons. The van der Waals surface area contributed by atoms with E-state index in [1.54, 1.807) is 0 Å². The van der Waals surface area contributed by atoms with Gasteiger partial charge in [0.15, 0.2) is 12.3 Å². The molecule has 2 aliphatic rings. The molecular formula is C25H34F2O5. The van der Waals surface area contributed by atoms with Gasteiger partial charge in [-0.15, -0.1) is 0 Å². The van der Waals surface area contributed by atoms with Crippen LogP contribution in [0.15, 0.2) is 24.3 Å². The normalized spacial score (nSPS) is 27.8. The second-order valence-corrected chi connectivity index (χ2v) is 9.10. The quantitative estimate of drug-likeness (QED) is 0.491. The number of carbonyl (C=O) groups excluding carboxylic acids is 2. The van der Waals surface area contributed by atoms with E-state index < -0.39 is 24.3 Å². The zero-order valence-electron chi connectivity index (χ0n) is 18.9. The average Bonchev–Trinajstić information content (AvgIpc) is 2.79. The van der Waals surface area contributed by atoms with E-state index in [2.05, 4.69) is 12.1 Å². The van der Waals surface area contributed by atoms with Crippen LogP contribution in [0.1, 0.15) is 76.7 Å². The summed E-state index contributed by atoms with van der Waals surface area (Å²) in [6.45, 7) is 3.02. The molecule has 178 valence electrons. The SMILES string of the molecule is C[C@@H](F)C(=O)OC1CCC(COc2ccc(C3CCC(OC(=O)[C@@H](C)F)CC3)cc2)CC1. The molecule has 0 bridgehead atoms. The van der Waals surface area contributed by atoms with Crippen molar-refractivity contribution in [2.75, 3.05) is 6.61 Å². The Hall–Kier alpha value is -2.18. The Morgan fingerprint density at radius 1 is 0.812 bits per heavy atom. The smallest absolute Gasteiger partial charge is 0.340 e. The van der Waals surface area contributed by atoms with Gasteiger partial charge in [-0.3, -0.25) is 0 Å². The van der Waals surface area contributed by atoms with Crippen molar-refractivity contribution in [2.45, 2.75) is 95.7 Å². The summed E-state index contributed by atoms with van der Waals surface area (Å²) < 4.78 is 42.3. The van der Waals surface area contributed by atoms with Gasteiger partial charge in [0.05, 0.1) is 6.61 Å². The first-order chi connectivity index (χ1) is 15.3. The molecule has 0 N–H and O–H groups in total. The third kappa shape index (κ3) is 7.17. The molecule has 0 amide bonds. The van der Waals surface area contributed by atoms with Crippen molar-refractivity contribution >= 4 is 11.9 Å². The molecule has 7 heteroatoms. The van der Waals surface area contributed by atoms with Crippen LogP contribution in [0, 0.1) is 5.92 Å². The molecule has 0 unspecified atom stereocenters. The van der Waals surface area contributed by atoms with Gasteiger partial charge in [-0.1, -0.05) is 12.1 Å². The van der Waals surface area contributed by atoms with E-state index in [1.807, 2.05) is 12.1 Å². The molecule has 2 fully saturated rings. The maximum atomic E-state index is 13.0. The molecule has 2 atom stereocenters. The van der Waals surface area contributed by atoms with E-state index in [1.165, 1.54) is 19.4 Å². The van der Waals surface area contributed by atoms with E-state index in [9.17, 15) is 18.4 Å². The lowest BCUT2D eigenvalue weighted by Crippen LogP contribution is -2.29. The Bertz CT molecular complexity index is 733. The van der Waals surface area contributed by atoms with Gasteiger partial charge < -0.3 is 14.2 Å². The molecule has 0 saturated heterocycles. The van der Waals surface area contributed by atoms with Crippen molar-refractivity contribution in [3.63, 3.8) is 0 Å². The van der Waals surface area contributed by atoms with Gasteiger partial charge in [-0.05, 0) is 94.7 Å². The summed E-state index contributed by atoms with van der Waals surface area (Å²) >= 11 is 0. The van der Waals surface area contributed by atoms with E-state index >= 15 is 0 Å². The van der Waals surface area contributed by atoms with Crippen LogP contribution in [0.3, 0.4) is 0 Å². The van der Waals surface area contributed by atoms with Crippen LogP contribution in [-0.2, 0) is 19.1 Å². The van der Waals surface area contributed by atoms with Crippen molar-refractivity contribution in [1.29, 1.82) is 0 Å². The number of hydrogen-bond acceptors (Lipinski definition) is 5. The standard InChI is InChI=1S/C25H34F2O5/c1-16(26)24(28)31-22-9-3-18(4-10-22)15-30-21-11-5-19(6-12-21)20-7-13-23(14-8-20)32-25(29)17(2)27/h5-6,11-12,16-18,20,22-23H,3-4,7-10,13-15H2,1-2H3/t16-,17-,18?,20?,22?,23?/m1/s1. The van der Waals surface area contributed by atoms with Crippen molar-refractivity contribution in [3.8, 4) is 5.75 Å². The number of esters is 2. The first kappa shape index (κ1) is 24.5. The number of halogens is 2. The molecule has 1 aromatic carbocycles. The van der Waals surface area contributed by atoms with Gasteiger partial charge in [-0.25, -0.2) is 18.4 Å². The zero-order chi connectivity index (χ0) is 23.1. The van der Waals surface area contributed by atoms with Crippen molar-refractivity contribution in [3.05, 3.63) is 29.8 Å². The Morgan fingerprint density at radius 2 is 1.28 bits per heavy atom. The third-order valence-corrected chi connectivity index (χ3v) is 6.52. The summed E-state index contributed by atoms with van der Waals surface area (Å²) in [5.74, 6) is 0.102. The summed E-state index contributed by atoms with van der Waals surface area (Å²) in [4.78, 5) is 22.8. The van der Waals surface area contributed by atoms with Gasteiger partial charge in [0.1, 0.15) is 18.0 Å². The second kappa shape index (κ2) is 11.6. The van der Waals surface area contributed by atoms with Gasteiger partial charge in [0.25, 0.3) is 0 Å². The number of hydrogen-bond donors (Lipinski definition) is 0. The summed E-state index contributed by atoms with van der Waals surface area (Å²) in [6, 6.07) is 8.15.